The Bertz CT molecular complexity index is 2060. The number of halogens is 1. The van der Waals surface area contributed by atoms with Gasteiger partial charge in [0, 0.05) is 39.3 Å². The maximum Gasteiger partial charge on any atom is 0.347 e. The summed E-state index contributed by atoms with van der Waals surface area (Å²) in [5.41, 5.74) is 1.05. The average Bonchev–Trinajstić information content (AvgIpc) is 3.63. The van der Waals surface area contributed by atoms with Gasteiger partial charge in [-0.2, -0.15) is 0 Å². The summed E-state index contributed by atoms with van der Waals surface area (Å²) in [6, 6.07) is 3.12. The van der Waals surface area contributed by atoms with Gasteiger partial charge in [0.2, 0.25) is 5.96 Å². The molecule has 23 nitrogen and oxygen atoms in total. The first-order valence-corrected chi connectivity index (χ1v) is 19.9. The van der Waals surface area contributed by atoms with Gasteiger partial charge in [0.15, 0.2) is 48.8 Å². The summed E-state index contributed by atoms with van der Waals surface area (Å²) in [6.45, 7) is 11.2. The van der Waals surface area contributed by atoms with E-state index < -0.39 is 108 Å². The van der Waals surface area contributed by atoms with Crippen molar-refractivity contribution in [1.82, 2.24) is 19.8 Å². The molecule has 2 heterocycles. The summed E-state index contributed by atoms with van der Waals surface area (Å²) in [5, 5.41) is 0. The van der Waals surface area contributed by atoms with Gasteiger partial charge in [0.05, 0.1) is 15.7 Å². The SMILES string of the molecule is CC(=O)OC(C)C(=O)OC(C)C(=O)OC(C)C(=O)OC(C)C(=O)N1CCN(C(=O)C(C)OC(=O)C(C)OC(=O)C(C)OC(=O)C(C)OC(C)=O)C1=Nc1ccc2nccnc2c1Br. The topological polar surface area (TPSA) is 289 Å². The number of hydrogen-bond acceptors (Lipinski definition) is 21. The highest BCUT2D eigenvalue weighted by Gasteiger charge is 2.41. The molecule has 24 heteroatoms. The Hall–Kier alpha value is -6.59. The summed E-state index contributed by atoms with van der Waals surface area (Å²) in [7, 11) is 0. The highest BCUT2D eigenvalue weighted by atomic mass is 79.9. The molecule has 0 saturated carbocycles. The normalized spacial score (nSPS) is 16.1. The maximum atomic E-state index is 13.9. The molecule has 342 valence electrons. The zero-order valence-electron chi connectivity index (χ0n) is 35.8. The number of guanidine groups is 1. The minimum atomic E-state index is -1.61. The standard InChI is InChI=1S/C39H46BrN5O18/c1-17(58-35(52)21(5)62-37(54)23(7)60-33(50)19(3)56-25(9)46)31(48)44-15-16-45(39(44)43-27-11-12-28-30(29(27)40)42-14-13-41-28)32(49)18(2)59-36(53)22(6)63-38(55)24(8)61-34(51)20(4)57-26(10)47/h11-14,17-24H,15-16H2,1-10H3. The summed E-state index contributed by atoms with van der Waals surface area (Å²) in [6.07, 6.45) is -9.14. The third-order valence-electron chi connectivity index (χ3n) is 8.47. The summed E-state index contributed by atoms with van der Waals surface area (Å²) < 4.78 is 40.4. The van der Waals surface area contributed by atoms with Gasteiger partial charge in [-0.05, 0) is 83.5 Å². The minimum Gasteiger partial charge on any atom is -0.451 e. The molecule has 2 amide bonds. The van der Waals surface area contributed by atoms with Crippen LogP contribution < -0.4 is 0 Å². The lowest BCUT2D eigenvalue weighted by Crippen LogP contribution is -2.48. The Morgan fingerprint density at radius 2 is 0.825 bits per heavy atom. The van der Waals surface area contributed by atoms with Crippen molar-refractivity contribution in [2.45, 2.75) is 118 Å². The van der Waals surface area contributed by atoms with Crippen LogP contribution in [0.2, 0.25) is 0 Å². The molecule has 8 atom stereocenters. The molecule has 1 aromatic heterocycles. The van der Waals surface area contributed by atoms with Crippen molar-refractivity contribution in [3.05, 3.63) is 29.0 Å². The van der Waals surface area contributed by atoms with E-state index in [-0.39, 0.29) is 24.7 Å². The number of carbonyl (C=O) groups is 10. The largest absolute Gasteiger partial charge is 0.451 e. The van der Waals surface area contributed by atoms with Crippen molar-refractivity contribution in [3.8, 4) is 0 Å². The number of carbonyl (C=O) groups excluding carboxylic acids is 10. The molecule has 8 unspecified atom stereocenters. The van der Waals surface area contributed by atoms with Gasteiger partial charge in [-0.3, -0.25) is 38.9 Å². The molecule has 2 aromatic rings. The molecule has 3 rings (SSSR count). The molecule has 0 aliphatic carbocycles. The van der Waals surface area contributed by atoms with Crippen LogP contribution in [-0.4, -0.2) is 147 Å². The Balaban J connectivity index is 1.77. The van der Waals surface area contributed by atoms with Gasteiger partial charge < -0.3 is 37.9 Å². The van der Waals surface area contributed by atoms with Crippen LogP contribution in [0, 0.1) is 0 Å². The van der Waals surface area contributed by atoms with E-state index in [1.54, 1.807) is 6.07 Å². The Morgan fingerprint density at radius 3 is 1.17 bits per heavy atom. The summed E-state index contributed by atoms with van der Waals surface area (Å²) >= 11 is 3.44. The molecule has 1 aliphatic rings. The van der Waals surface area contributed by atoms with Gasteiger partial charge >= 0.3 is 47.8 Å². The molecule has 0 N–H and O–H groups in total. The van der Waals surface area contributed by atoms with Crippen LogP contribution >= 0.6 is 15.9 Å². The quantitative estimate of drug-likeness (QED) is 0.160. The minimum absolute atomic E-state index is 0.181. The first-order chi connectivity index (χ1) is 29.4. The molecular formula is C39H46BrN5O18. The average molecular weight is 953 g/mol. The van der Waals surface area contributed by atoms with E-state index >= 15 is 0 Å². The molecule has 0 radical (unpaired) electrons. The highest BCUT2D eigenvalue weighted by molar-refractivity contribution is 9.10. The fraction of sp³-hybridized carbons (Fsp3) is 0.513. The van der Waals surface area contributed by atoms with Crippen LogP contribution in [-0.2, 0) is 85.8 Å². The lowest BCUT2D eigenvalue weighted by Gasteiger charge is -2.26. The van der Waals surface area contributed by atoms with Gasteiger partial charge in [0.25, 0.3) is 11.8 Å². The van der Waals surface area contributed by atoms with Crippen LogP contribution in [0.1, 0.15) is 69.2 Å². The number of nitrogens with zero attached hydrogens (tertiary/aromatic N) is 5. The van der Waals surface area contributed by atoms with Crippen molar-refractivity contribution in [3.63, 3.8) is 0 Å². The van der Waals surface area contributed by atoms with Crippen LogP contribution in [0.4, 0.5) is 5.69 Å². The number of esters is 8. The van der Waals surface area contributed by atoms with Crippen LogP contribution in [0.25, 0.3) is 11.0 Å². The molecular weight excluding hydrogens is 906 g/mol. The molecule has 1 fully saturated rings. The van der Waals surface area contributed by atoms with Crippen molar-refractivity contribution < 1.29 is 85.8 Å². The number of ether oxygens (including phenoxy) is 8. The van der Waals surface area contributed by atoms with Crippen LogP contribution in [0.3, 0.4) is 0 Å². The lowest BCUT2D eigenvalue weighted by molar-refractivity contribution is -0.183. The zero-order chi connectivity index (χ0) is 47.5. The second-order valence-corrected chi connectivity index (χ2v) is 14.5. The maximum absolute atomic E-state index is 13.9. The smallest absolute Gasteiger partial charge is 0.347 e. The van der Waals surface area contributed by atoms with Gasteiger partial charge in [0.1, 0.15) is 5.52 Å². The summed E-state index contributed by atoms with van der Waals surface area (Å²) in [4.78, 5) is 141. The van der Waals surface area contributed by atoms with Gasteiger partial charge in [-0.15, -0.1) is 0 Å². The van der Waals surface area contributed by atoms with E-state index in [0.29, 0.717) is 15.5 Å². The van der Waals surface area contributed by atoms with Crippen LogP contribution in [0.5, 0.6) is 0 Å². The number of aliphatic imine (C=N–C) groups is 1. The van der Waals surface area contributed by atoms with E-state index in [2.05, 4.69) is 30.9 Å². The van der Waals surface area contributed by atoms with Crippen LogP contribution in [0.15, 0.2) is 34.0 Å². The van der Waals surface area contributed by atoms with E-state index in [0.717, 1.165) is 51.3 Å². The molecule has 0 bridgehead atoms. The Labute approximate surface area is 368 Å². The van der Waals surface area contributed by atoms with Gasteiger partial charge in [-0.25, -0.2) is 33.8 Å². The third kappa shape index (κ3) is 14.0. The molecule has 0 spiro atoms. The van der Waals surface area contributed by atoms with E-state index in [4.69, 9.17) is 37.9 Å². The number of benzene rings is 1. The summed E-state index contributed by atoms with van der Waals surface area (Å²) in [5.74, 6) is -10.3. The molecule has 1 aromatic carbocycles. The van der Waals surface area contributed by atoms with E-state index in [1.807, 2.05) is 0 Å². The van der Waals surface area contributed by atoms with E-state index in [9.17, 15) is 47.9 Å². The third-order valence-corrected chi connectivity index (χ3v) is 9.25. The second kappa shape index (κ2) is 22.5. The predicted molar refractivity (Wildman–Crippen MR) is 214 cm³/mol. The monoisotopic (exact) mass is 951 g/mol. The first-order valence-electron chi connectivity index (χ1n) is 19.1. The lowest BCUT2D eigenvalue weighted by atomic mass is 10.2. The second-order valence-electron chi connectivity index (χ2n) is 13.7. The predicted octanol–water partition coefficient (Wildman–Crippen LogP) is 1.54. The van der Waals surface area contributed by atoms with Crippen molar-refractivity contribution in [2.24, 2.45) is 4.99 Å². The highest BCUT2D eigenvalue weighted by Crippen LogP contribution is 2.32. The fourth-order valence-corrected chi connectivity index (χ4v) is 5.74. The van der Waals surface area contributed by atoms with E-state index in [1.165, 1.54) is 46.2 Å². The molecule has 63 heavy (non-hydrogen) atoms. The zero-order valence-corrected chi connectivity index (χ0v) is 37.4. The van der Waals surface area contributed by atoms with Crippen molar-refractivity contribution in [1.29, 1.82) is 0 Å². The number of amides is 2. The van der Waals surface area contributed by atoms with Crippen molar-refractivity contribution in [2.75, 3.05) is 13.1 Å². The molecule has 1 aliphatic heterocycles. The van der Waals surface area contributed by atoms with Crippen molar-refractivity contribution >= 4 is 98.2 Å². The first kappa shape index (κ1) is 50.8. The number of aromatic nitrogens is 2. The Morgan fingerprint density at radius 1 is 0.508 bits per heavy atom. The molecule has 1 saturated heterocycles. The van der Waals surface area contributed by atoms with Gasteiger partial charge in [-0.1, -0.05) is 0 Å². The number of rotatable bonds is 17. The number of hydrogen-bond donors (Lipinski definition) is 0. The fourth-order valence-electron chi connectivity index (χ4n) is 5.22. The number of fused-ring (bicyclic) bond motifs is 1. The Kier molecular flexibility index (Phi) is 18.1.